The molecular formula is C14H20FN3O. The van der Waals surface area contributed by atoms with E-state index in [0.29, 0.717) is 13.0 Å². The molecule has 4 nitrogen and oxygen atoms in total. The Hall–Kier alpha value is -1.62. The number of carbonyl (C=O) groups excluding carboxylic acids is 1. The van der Waals surface area contributed by atoms with Crippen molar-refractivity contribution in [1.82, 2.24) is 4.90 Å². The van der Waals surface area contributed by atoms with E-state index in [4.69, 9.17) is 5.73 Å². The van der Waals surface area contributed by atoms with Gasteiger partial charge in [0.25, 0.3) is 0 Å². The lowest BCUT2D eigenvalue weighted by atomic mass is 10.1. The zero-order valence-corrected chi connectivity index (χ0v) is 11.2. The van der Waals surface area contributed by atoms with Crippen LogP contribution in [0.3, 0.4) is 0 Å². The van der Waals surface area contributed by atoms with Crippen LogP contribution in [-0.2, 0) is 4.79 Å². The van der Waals surface area contributed by atoms with Crippen molar-refractivity contribution in [2.45, 2.75) is 18.9 Å². The van der Waals surface area contributed by atoms with Crippen LogP contribution in [0.5, 0.6) is 0 Å². The van der Waals surface area contributed by atoms with Crippen LogP contribution in [0, 0.1) is 5.82 Å². The Morgan fingerprint density at radius 3 is 2.63 bits per heavy atom. The fraction of sp³-hybridized carbons (Fsp3) is 0.500. The first-order valence-corrected chi connectivity index (χ1v) is 6.60. The SMILES string of the molecule is CN1CCCN(c2ccc(F)cc2)C(CCN)C1=O. The van der Waals surface area contributed by atoms with E-state index in [0.717, 1.165) is 25.2 Å². The van der Waals surface area contributed by atoms with E-state index in [-0.39, 0.29) is 17.8 Å². The van der Waals surface area contributed by atoms with E-state index in [1.54, 1.807) is 17.0 Å². The number of hydrogen-bond acceptors (Lipinski definition) is 3. The van der Waals surface area contributed by atoms with Crippen LogP contribution in [0.25, 0.3) is 0 Å². The molecule has 1 aromatic rings. The summed E-state index contributed by atoms with van der Waals surface area (Å²) in [4.78, 5) is 16.1. The number of anilines is 1. The lowest BCUT2D eigenvalue weighted by Crippen LogP contribution is -2.46. The van der Waals surface area contributed by atoms with Crippen molar-refractivity contribution in [2.75, 3.05) is 31.6 Å². The predicted molar refractivity (Wildman–Crippen MR) is 73.5 cm³/mol. The maximum Gasteiger partial charge on any atom is 0.245 e. The minimum Gasteiger partial charge on any atom is -0.359 e. The van der Waals surface area contributed by atoms with Gasteiger partial charge in [0.1, 0.15) is 11.9 Å². The van der Waals surface area contributed by atoms with Gasteiger partial charge in [-0.1, -0.05) is 0 Å². The third kappa shape index (κ3) is 3.04. The summed E-state index contributed by atoms with van der Waals surface area (Å²) in [7, 11) is 1.82. The maximum absolute atomic E-state index is 13.0. The average molecular weight is 265 g/mol. The number of amides is 1. The Balaban J connectivity index is 2.28. The topological polar surface area (TPSA) is 49.6 Å². The Bertz CT molecular complexity index is 435. The number of carbonyl (C=O) groups is 1. The zero-order valence-electron chi connectivity index (χ0n) is 11.2. The number of nitrogens with zero attached hydrogens (tertiary/aromatic N) is 2. The van der Waals surface area contributed by atoms with Gasteiger partial charge in [0.05, 0.1) is 0 Å². The molecular weight excluding hydrogens is 245 g/mol. The molecule has 0 spiro atoms. The van der Waals surface area contributed by atoms with Gasteiger partial charge < -0.3 is 15.5 Å². The molecule has 1 aromatic carbocycles. The van der Waals surface area contributed by atoms with Crippen molar-refractivity contribution < 1.29 is 9.18 Å². The third-order valence-electron chi connectivity index (χ3n) is 3.53. The van der Waals surface area contributed by atoms with E-state index < -0.39 is 0 Å². The molecule has 2 N–H and O–H groups in total. The number of likely N-dealkylation sites (N-methyl/N-ethyl adjacent to an activating group) is 1. The number of halogens is 1. The molecule has 5 heteroatoms. The first-order valence-electron chi connectivity index (χ1n) is 6.60. The van der Waals surface area contributed by atoms with Crippen molar-refractivity contribution in [3.8, 4) is 0 Å². The van der Waals surface area contributed by atoms with Crippen molar-refractivity contribution in [3.05, 3.63) is 30.1 Å². The quantitative estimate of drug-likeness (QED) is 0.893. The molecule has 104 valence electrons. The van der Waals surface area contributed by atoms with Crippen LogP contribution >= 0.6 is 0 Å². The van der Waals surface area contributed by atoms with Gasteiger partial charge in [0.2, 0.25) is 5.91 Å². The molecule has 0 aromatic heterocycles. The van der Waals surface area contributed by atoms with Crippen molar-refractivity contribution in [3.63, 3.8) is 0 Å². The molecule has 0 saturated carbocycles. The molecule has 0 bridgehead atoms. The van der Waals surface area contributed by atoms with E-state index in [1.807, 2.05) is 11.9 Å². The predicted octanol–water partition coefficient (Wildman–Crippen LogP) is 1.21. The lowest BCUT2D eigenvalue weighted by Gasteiger charge is -2.31. The largest absolute Gasteiger partial charge is 0.359 e. The summed E-state index contributed by atoms with van der Waals surface area (Å²) in [6.07, 6.45) is 1.52. The summed E-state index contributed by atoms with van der Waals surface area (Å²) in [6.45, 7) is 1.99. The molecule has 1 saturated heterocycles. The van der Waals surface area contributed by atoms with Gasteiger partial charge in [-0.15, -0.1) is 0 Å². The van der Waals surface area contributed by atoms with Crippen molar-refractivity contribution in [2.24, 2.45) is 5.73 Å². The number of benzene rings is 1. The second-order valence-corrected chi connectivity index (χ2v) is 4.88. The summed E-state index contributed by atoms with van der Waals surface area (Å²) < 4.78 is 13.0. The van der Waals surface area contributed by atoms with Gasteiger partial charge in [0, 0.05) is 25.8 Å². The van der Waals surface area contributed by atoms with Crippen molar-refractivity contribution >= 4 is 11.6 Å². The Morgan fingerprint density at radius 1 is 1.32 bits per heavy atom. The first kappa shape index (κ1) is 13.8. The van der Waals surface area contributed by atoms with E-state index in [1.165, 1.54) is 12.1 Å². The highest BCUT2D eigenvalue weighted by Gasteiger charge is 2.30. The molecule has 1 fully saturated rings. The van der Waals surface area contributed by atoms with E-state index in [2.05, 4.69) is 0 Å². The lowest BCUT2D eigenvalue weighted by molar-refractivity contribution is -0.130. The van der Waals surface area contributed by atoms with Crippen LogP contribution in [0.1, 0.15) is 12.8 Å². The second-order valence-electron chi connectivity index (χ2n) is 4.88. The maximum atomic E-state index is 13.0. The minimum atomic E-state index is -0.266. The summed E-state index contributed by atoms with van der Waals surface area (Å²) in [5.41, 5.74) is 6.50. The number of nitrogens with two attached hydrogens (primary N) is 1. The normalized spacial score (nSPS) is 20.6. The first-order chi connectivity index (χ1) is 9.13. The fourth-order valence-corrected chi connectivity index (χ4v) is 2.51. The molecule has 1 aliphatic rings. The Morgan fingerprint density at radius 2 is 2.00 bits per heavy atom. The molecule has 1 unspecified atom stereocenters. The van der Waals surface area contributed by atoms with Crippen LogP contribution < -0.4 is 10.6 Å². The Labute approximate surface area is 113 Å². The highest BCUT2D eigenvalue weighted by atomic mass is 19.1. The molecule has 0 radical (unpaired) electrons. The molecule has 2 rings (SSSR count). The van der Waals surface area contributed by atoms with Gasteiger partial charge in [-0.2, -0.15) is 0 Å². The van der Waals surface area contributed by atoms with Crippen LogP contribution in [-0.4, -0.2) is 43.5 Å². The van der Waals surface area contributed by atoms with Gasteiger partial charge in [-0.3, -0.25) is 4.79 Å². The minimum absolute atomic E-state index is 0.0901. The fourth-order valence-electron chi connectivity index (χ4n) is 2.51. The summed E-state index contributed by atoms with van der Waals surface area (Å²) in [6, 6.07) is 6.04. The zero-order chi connectivity index (χ0) is 13.8. The molecule has 1 atom stereocenters. The van der Waals surface area contributed by atoms with Crippen LogP contribution in [0.2, 0.25) is 0 Å². The van der Waals surface area contributed by atoms with Gasteiger partial charge in [0.15, 0.2) is 0 Å². The number of hydrogen-bond donors (Lipinski definition) is 1. The van der Waals surface area contributed by atoms with E-state index in [9.17, 15) is 9.18 Å². The third-order valence-corrected chi connectivity index (χ3v) is 3.53. The smallest absolute Gasteiger partial charge is 0.245 e. The van der Waals surface area contributed by atoms with E-state index >= 15 is 0 Å². The monoisotopic (exact) mass is 265 g/mol. The standard InChI is InChI=1S/C14H20FN3O/c1-17-9-2-10-18(13(7-8-16)14(17)19)12-5-3-11(15)4-6-12/h3-6,13H,2,7-10,16H2,1H3. The second kappa shape index (κ2) is 6.02. The van der Waals surface area contributed by atoms with Crippen LogP contribution in [0.15, 0.2) is 24.3 Å². The molecule has 1 heterocycles. The molecule has 1 aliphatic heterocycles. The highest BCUT2D eigenvalue weighted by Crippen LogP contribution is 2.22. The summed E-state index contributed by atoms with van der Waals surface area (Å²) >= 11 is 0. The Kier molecular flexibility index (Phi) is 4.37. The summed E-state index contributed by atoms with van der Waals surface area (Å²) in [5.74, 6) is -0.176. The number of rotatable bonds is 3. The van der Waals surface area contributed by atoms with Crippen molar-refractivity contribution in [1.29, 1.82) is 0 Å². The highest BCUT2D eigenvalue weighted by molar-refractivity contribution is 5.85. The van der Waals surface area contributed by atoms with Gasteiger partial charge in [-0.25, -0.2) is 4.39 Å². The van der Waals surface area contributed by atoms with Crippen LogP contribution in [0.4, 0.5) is 10.1 Å². The van der Waals surface area contributed by atoms with Gasteiger partial charge >= 0.3 is 0 Å². The summed E-state index contributed by atoms with van der Waals surface area (Å²) in [5, 5.41) is 0. The average Bonchev–Trinajstić information content (AvgIpc) is 2.54. The molecule has 1 amide bonds. The molecule has 0 aliphatic carbocycles. The molecule has 19 heavy (non-hydrogen) atoms. The van der Waals surface area contributed by atoms with Gasteiger partial charge in [-0.05, 0) is 43.7 Å².